The average Bonchev–Trinajstić information content (AvgIpc) is 3.01. The summed E-state index contributed by atoms with van der Waals surface area (Å²) in [5.74, 6) is -0.638. The van der Waals surface area contributed by atoms with Gasteiger partial charge in [-0.3, -0.25) is 13.2 Å². The first-order valence-electron chi connectivity index (χ1n) is 15.4. The van der Waals surface area contributed by atoms with Crippen molar-refractivity contribution in [3.63, 3.8) is 0 Å². The molecule has 2 aromatic rings. The molecule has 2 aromatic carbocycles. The summed E-state index contributed by atoms with van der Waals surface area (Å²) in [6.45, 7) is 12.5. The molecule has 10 atom stereocenters. The van der Waals surface area contributed by atoms with Gasteiger partial charge in [-0.15, -0.1) is 0 Å². The number of benzene rings is 2. The van der Waals surface area contributed by atoms with E-state index >= 15 is 0 Å². The molecule has 2 saturated heterocycles. The Bertz CT molecular complexity index is 1530. The van der Waals surface area contributed by atoms with E-state index in [0.717, 1.165) is 17.5 Å². The van der Waals surface area contributed by atoms with Crippen molar-refractivity contribution in [1.29, 1.82) is 0 Å². The first-order chi connectivity index (χ1) is 21.9. The van der Waals surface area contributed by atoms with E-state index in [0.29, 0.717) is 6.42 Å². The van der Waals surface area contributed by atoms with Gasteiger partial charge in [0.2, 0.25) is 6.29 Å². The minimum atomic E-state index is -4.20. The van der Waals surface area contributed by atoms with E-state index in [-0.39, 0.29) is 27.7 Å². The number of hydrogen-bond donors (Lipinski definition) is 3. The molecule has 0 aliphatic carbocycles. The monoisotopic (exact) mass is 702 g/mol. The molecule has 47 heavy (non-hydrogen) atoms. The molecule has 2 unspecified atom stereocenters. The maximum atomic E-state index is 12.6. The van der Waals surface area contributed by atoms with Gasteiger partial charge in [0, 0.05) is 6.92 Å². The van der Waals surface area contributed by atoms with E-state index in [1.54, 1.807) is 38.1 Å². The zero-order chi connectivity index (χ0) is 35.3. The summed E-state index contributed by atoms with van der Waals surface area (Å²) in [5.41, 5.74) is 1.83. The van der Waals surface area contributed by atoms with Crippen LogP contribution in [0.1, 0.15) is 58.6 Å². The van der Waals surface area contributed by atoms with Crippen LogP contribution in [0.3, 0.4) is 0 Å². The third kappa shape index (κ3) is 9.80. The molecule has 15 heteroatoms. The summed E-state index contributed by atoms with van der Waals surface area (Å²) in [6.07, 6.45) is -7.92. The molecule has 2 aliphatic rings. The van der Waals surface area contributed by atoms with Gasteiger partial charge in [0.25, 0.3) is 20.2 Å². The quantitative estimate of drug-likeness (QED) is 0.256. The highest BCUT2D eigenvalue weighted by Gasteiger charge is 2.47. The largest absolute Gasteiger partial charge is 0.433 e. The highest BCUT2D eigenvalue weighted by Crippen LogP contribution is 2.36. The van der Waals surface area contributed by atoms with Crippen LogP contribution in [0.25, 0.3) is 0 Å². The lowest BCUT2D eigenvalue weighted by atomic mass is 9.82. The second kappa shape index (κ2) is 16.3. The second-order valence-electron chi connectivity index (χ2n) is 11.9. The molecule has 2 fully saturated rings. The Balaban J connectivity index is 0.000000257. The SMILES string of the molecule is CC[C@H]1OC(O)[C@H](OS(=O)(=O)c2ccc(C)cc2)[C@@H](O)[C@@H]1O.CC[C@H]1OC(OC(C)=O)[C@H](OS(=O)(=O)c2ccc(C)cc2)[C@@H](C)[C@@H]1C. The number of rotatable bonds is 9. The first-order valence-corrected chi connectivity index (χ1v) is 18.3. The van der Waals surface area contributed by atoms with Gasteiger partial charge in [0.05, 0.1) is 22.0 Å². The molecule has 3 N–H and O–H groups in total. The van der Waals surface area contributed by atoms with E-state index < -0.39 is 69.3 Å². The van der Waals surface area contributed by atoms with Crippen LogP contribution >= 0.6 is 0 Å². The minimum Gasteiger partial charge on any atom is -0.433 e. The summed E-state index contributed by atoms with van der Waals surface area (Å²) >= 11 is 0. The van der Waals surface area contributed by atoms with Crippen molar-refractivity contribution in [3.05, 3.63) is 59.7 Å². The number of carbonyl (C=O) groups excluding carboxylic acids is 1. The van der Waals surface area contributed by atoms with Crippen molar-refractivity contribution in [2.75, 3.05) is 0 Å². The Morgan fingerprint density at radius 1 is 0.702 bits per heavy atom. The lowest BCUT2D eigenvalue weighted by Gasteiger charge is -2.43. The fraction of sp³-hybridized carbons (Fsp3) is 0.594. The Morgan fingerprint density at radius 3 is 1.57 bits per heavy atom. The molecule has 0 spiro atoms. The Hall–Kier alpha value is -2.47. The minimum absolute atomic E-state index is 0.0648. The van der Waals surface area contributed by atoms with Crippen molar-refractivity contribution in [2.45, 2.75) is 120 Å². The molecule has 2 heterocycles. The van der Waals surface area contributed by atoms with Crippen LogP contribution in [0.4, 0.5) is 0 Å². The normalized spacial score (nSPS) is 31.4. The van der Waals surface area contributed by atoms with Crippen LogP contribution in [0.5, 0.6) is 0 Å². The van der Waals surface area contributed by atoms with Gasteiger partial charge < -0.3 is 29.5 Å². The molecule has 0 aromatic heterocycles. The lowest BCUT2D eigenvalue weighted by molar-refractivity contribution is -0.274. The van der Waals surface area contributed by atoms with E-state index in [4.69, 9.17) is 22.6 Å². The number of hydrogen-bond acceptors (Lipinski definition) is 13. The maximum absolute atomic E-state index is 12.6. The predicted octanol–water partition coefficient (Wildman–Crippen LogP) is 2.96. The van der Waals surface area contributed by atoms with Gasteiger partial charge in [-0.1, -0.05) is 63.1 Å². The van der Waals surface area contributed by atoms with Crippen LogP contribution in [0.15, 0.2) is 58.3 Å². The smallest absolute Gasteiger partial charge is 0.305 e. The molecule has 2 aliphatic heterocycles. The molecule has 13 nitrogen and oxygen atoms in total. The van der Waals surface area contributed by atoms with Gasteiger partial charge in [-0.05, 0) is 62.8 Å². The summed E-state index contributed by atoms with van der Waals surface area (Å²) in [4.78, 5) is 11.4. The van der Waals surface area contributed by atoms with Crippen molar-refractivity contribution >= 4 is 26.2 Å². The topological polar surface area (TPSA) is 192 Å². The summed E-state index contributed by atoms with van der Waals surface area (Å²) < 4.78 is 76.1. The number of aliphatic hydroxyl groups excluding tert-OH is 3. The third-order valence-corrected chi connectivity index (χ3v) is 11.0. The zero-order valence-corrected chi connectivity index (χ0v) is 29.2. The highest BCUT2D eigenvalue weighted by molar-refractivity contribution is 7.87. The van der Waals surface area contributed by atoms with Gasteiger partial charge in [-0.2, -0.15) is 16.8 Å². The third-order valence-electron chi connectivity index (χ3n) is 8.36. The molecule has 0 bridgehead atoms. The van der Waals surface area contributed by atoms with Crippen LogP contribution < -0.4 is 0 Å². The average molecular weight is 703 g/mol. The van der Waals surface area contributed by atoms with Crippen molar-refractivity contribution in [1.82, 2.24) is 0 Å². The standard InChI is InChI=1S/C18H26O6S.C14H20O7S/c1-6-16-12(3)13(4)17(18(23-16)22-14(5)19)24-25(20,21)15-9-7-11(2)8-10-15;1-3-10-11(15)12(16)13(14(17)20-10)21-22(18,19)9-6-4-8(2)5-7-9/h7-10,12-13,16-18H,6H2,1-5H3;4-7,10-17H,3H2,1-2H3/t12-,13-,16+,17+,18?;10-,11-,12+,13-,14?/m01/s1. The van der Waals surface area contributed by atoms with Crippen molar-refractivity contribution in [2.24, 2.45) is 11.8 Å². The van der Waals surface area contributed by atoms with E-state index in [1.165, 1.54) is 31.2 Å². The van der Waals surface area contributed by atoms with Gasteiger partial charge in [-0.25, -0.2) is 0 Å². The van der Waals surface area contributed by atoms with Crippen molar-refractivity contribution in [3.8, 4) is 0 Å². The van der Waals surface area contributed by atoms with Crippen molar-refractivity contribution < 1.29 is 59.5 Å². The van der Waals surface area contributed by atoms with Crippen LogP contribution in [-0.2, 0) is 47.6 Å². The number of ether oxygens (including phenoxy) is 3. The molecule has 264 valence electrons. The van der Waals surface area contributed by atoms with Gasteiger partial charge >= 0.3 is 5.97 Å². The molecule has 0 saturated carbocycles. The summed E-state index contributed by atoms with van der Waals surface area (Å²) in [5, 5.41) is 29.7. The first kappa shape index (κ1) is 39.0. The molecule has 4 rings (SSSR count). The molecule has 0 amide bonds. The van der Waals surface area contributed by atoms with Crippen LogP contribution in [-0.4, -0.2) is 87.3 Å². The Kier molecular flexibility index (Phi) is 13.5. The molecular weight excluding hydrogens is 656 g/mol. The number of esters is 1. The van der Waals surface area contributed by atoms with Gasteiger partial charge in [0.15, 0.2) is 12.4 Å². The maximum Gasteiger partial charge on any atom is 0.305 e. The fourth-order valence-corrected chi connectivity index (χ4v) is 7.52. The molecule has 0 radical (unpaired) electrons. The molecular formula is C32H46O13S2. The number of carbonyl (C=O) groups is 1. The number of aryl methyl sites for hydroxylation is 2. The summed E-state index contributed by atoms with van der Waals surface area (Å²) in [7, 11) is -8.20. The van der Waals surface area contributed by atoms with Crippen LogP contribution in [0.2, 0.25) is 0 Å². The lowest BCUT2D eigenvalue weighted by Crippen LogP contribution is -2.58. The Labute approximate surface area is 277 Å². The fourth-order valence-electron chi connectivity index (χ4n) is 5.29. The predicted molar refractivity (Wildman–Crippen MR) is 169 cm³/mol. The second-order valence-corrected chi connectivity index (χ2v) is 15.0. The van der Waals surface area contributed by atoms with Crippen LogP contribution in [0, 0.1) is 25.7 Å². The highest BCUT2D eigenvalue weighted by atomic mass is 32.2. The number of aliphatic hydroxyl groups is 3. The van der Waals surface area contributed by atoms with E-state index in [1.807, 2.05) is 27.7 Å². The van der Waals surface area contributed by atoms with E-state index in [9.17, 15) is 36.9 Å². The van der Waals surface area contributed by atoms with Gasteiger partial charge in [0.1, 0.15) is 18.3 Å². The van der Waals surface area contributed by atoms with E-state index in [2.05, 4.69) is 0 Å². The zero-order valence-electron chi connectivity index (χ0n) is 27.5. The summed E-state index contributed by atoms with van der Waals surface area (Å²) in [6, 6.07) is 12.3. The Morgan fingerprint density at radius 2 is 1.15 bits per heavy atom.